The predicted octanol–water partition coefficient (Wildman–Crippen LogP) is 4.34. The molecule has 1 aromatic heterocycles. The fourth-order valence-electron chi connectivity index (χ4n) is 4.02. The van der Waals surface area contributed by atoms with Gasteiger partial charge >= 0.3 is 0 Å². The van der Waals surface area contributed by atoms with Crippen LogP contribution >= 0.6 is 0 Å². The Morgan fingerprint density at radius 3 is 2.55 bits per heavy atom. The largest absolute Gasteiger partial charge is 0.355 e. The lowest BCUT2D eigenvalue weighted by Gasteiger charge is -2.21. The molecule has 3 aromatic rings. The second-order valence-electron chi connectivity index (χ2n) is 7.70. The molecule has 1 aliphatic rings. The highest BCUT2D eigenvalue weighted by molar-refractivity contribution is 6.14. The van der Waals surface area contributed by atoms with Crippen LogP contribution in [0.5, 0.6) is 0 Å². The highest BCUT2D eigenvalue weighted by Crippen LogP contribution is 2.31. The van der Waals surface area contributed by atoms with Gasteiger partial charge in [0.05, 0.1) is 11.1 Å². The molecule has 0 saturated carbocycles. The number of rotatable bonds is 3. The van der Waals surface area contributed by atoms with Crippen molar-refractivity contribution < 1.29 is 9.59 Å². The SMILES string of the molecule is CNC(=O)c1ccc(C)c(NC(=O)c2c3c(nc4ccc(C)cc24)CCCC3)c1. The number of nitrogens with one attached hydrogen (secondary N) is 2. The van der Waals surface area contributed by atoms with Gasteiger partial charge in [-0.2, -0.15) is 0 Å². The van der Waals surface area contributed by atoms with Crippen molar-refractivity contribution in [1.82, 2.24) is 10.3 Å². The van der Waals surface area contributed by atoms with Crippen molar-refractivity contribution in [3.05, 3.63) is 69.9 Å². The Balaban J connectivity index is 1.82. The van der Waals surface area contributed by atoms with E-state index in [-0.39, 0.29) is 11.8 Å². The van der Waals surface area contributed by atoms with E-state index in [0.717, 1.165) is 64.5 Å². The van der Waals surface area contributed by atoms with Crippen LogP contribution in [0.1, 0.15) is 55.9 Å². The van der Waals surface area contributed by atoms with Crippen molar-refractivity contribution in [3.63, 3.8) is 0 Å². The van der Waals surface area contributed by atoms with Crippen molar-refractivity contribution in [2.24, 2.45) is 0 Å². The molecule has 1 heterocycles. The molecule has 29 heavy (non-hydrogen) atoms. The Morgan fingerprint density at radius 2 is 1.76 bits per heavy atom. The second-order valence-corrected chi connectivity index (χ2v) is 7.70. The number of anilines is 1. The monoisotopic (exact) mass is 387 g/mol. The lowest BCUT2D eigenvalue weighted by molar-refractivity contribution is 0.0961. The predicted molar refractivity (Wildman–Crippen MR) is 116 cm³/mol. The van der Waals surface area contributed by atoms with Gasteiger partial charge in [-0.1, -0.05) is 17.7 Å². The molecular formula is C24H25N3O2. The Labute approximate surface area is 170 Å². The molecule has 0 saturated heterocycles. The number of fused-ring (bicyclic) bond motifs is 2. The van der Waals surface area contributed by atoms with Gasteiger partial charge in [-0.3, -0.25) is 14.6 Å². The molecule has 4 rings (SSSR count). The molecule has 0 radical (unpaired) electrons. The zero-order chi connectivity index (χ0) is 20.5. The quantitative estimate of drug-likeness (QED) is 0.702. The minimum Gasteiger partial charge on any atom is -0.355 e. The summed E-state index contributed by atoms with van der Waals surface area (Å²) < 4.78 is 0. The normalized spacial score (nSPS) is 13.1. The Hall–Kier alpha value is -3.21. The lowest BCUT2D eigenvalue weighted by atomic mass is 9.89. The van der Waals surface area contributed by atoms with Crippen LogP contribution in [0.25, 0.3) is 10.9 Å². The number of aryl methyl sites for hydroxylation is 3. The Kier molecular flexibility index (Phi) is 5.05. The Bertz CT molecular complexity index is 1130. The number of nitrogens with zero attached hydrogens (tertiary/aromatic N) is 1. The first kappa shape index (κ1) is 19.1. The van der Waals surface area contributed by atoms with Crippen LogP contribution in [-0.4, -0.2) is 23.8 Å². The number of hydrogen-bond acceptors (Lipinski definition) is 3. The molecule has 1 aliphatic carbocycles. The minimum atomic E-state index is -0.178. The van der Waals surface area contributed by atoms with Crippen molar-refractivity contribution in [2.75, 3.05) is 12.4 Å². The number of pyridine rings is 1. The van der Waals surface area contributed by atoms with E-state index < -0.39 is 0 Å². The van der Waals surface area contributed by atoms with Crippen LogP contribution in [-0.2, 0) is 12.8 Å². The fourth-order valence-corrected chi connectivity index (χ4v) is 4.02. The van der Waals surface area contributed by atoms with Crippen LogP contribution in [0.4, 0.5) is 5.69 Å². The topological polar surface area (TPSA) is 71.1 Å². The summed E-state index contributed by atoms with van der Waals surface area (Å²) in [6.45, 7) is 3.95. The highest BCUT2D eigenvalue weighted by atomic mass is 16.2. The summed E-state index contributed by atoms with van der Waals surface area (Å²) in [6, 6.07) is 11.4. The molecule has 0 aliphatic heterocycles. The van der Waals surface area contributed by atoms with Gasteiger partial charge in [0.2, 0.25) is 0 Å². The fraction of sp³-hybridized carbons (Fsp3) is 0.292. The molecule has 2 aromatic carbocycles. The summed E-state index contributed by atoms with van der Waals surface area (Å²) in [5.41, 5.74) is 6.86. The van der Waals surface area contributed by atoms with Gasteiger partial charge in [0, 0.05) is 29.4 Å². The number of benzene rings is 2. The number of hydrogen-bond donors (Lipinski definition) is 2. The Morgan fingerprint density at radius 1 is 0.966 bits per heavy atom. The third-order valence-corrected chi connectivity index (χ3v) is 5.62. The third kappa shape index (κ3) is 3.60. The molecule has 2 N–H and O–H groups in total. The first-order chi connectivity index (χ1) is 14.0. The van der Waals surface area contributed by atoms with Gasteiger partial charge < -0.3 is 10.6 Å². The number of carbonyl (C=O) groups is 2. The van der Waals surface area contributed by atoms with Crippen LogP contribution in [0.15, 0.2) is 36.4 Å². The van der Waals surface area contributed by atoms with Crippen LogP contribution < -0.4 is 10.6 Å². The van der Waals surface area contributed by atoms with Gasteiger partial charge in [0.1, 0.15) is 0 Å². The molecule has 148 valence electrons. The third-order valence-electron chi connectivity index (χ3n) is 5.62. The maximum atomic E-state index is 13.5. The minimum absolute atomic E-state index is 0.140. The molecule has 5 nitrogen and oxygen atoms in total. The summed E-state index contributed by atoms with van der Waals surface area (Å²) in [5, 5.41) is 6.58. The van der Waals surface area contributed by atoms with Crippen LogP contribution in [0, 0.1) is 13.8 Å². The van der Waals surface area contributed by atoms with E-state index in [1.54, 1.807) is 19.2 Å². The zero-order valence-corrected chi connectivity index (χ0v) is 17.1. The van der Waals surface area contributed by atoms with Crippen molar-refractivity contribution in [1.29, 1.82) is 0 Å². The van der Waals surface area contributed by atoms with Crippen LogP contribution in [0.2, 0.25) is 0 Å². The van der Waals surface area contributed by atoms with Gasteiger partial charge in [-0.05, 0) is 74.9 Å². The first-order valence-electron chi connectivity index (χ1n) is 10.0. The van der Waals surface area contributed by atoms with Crippen molar-refractivity contribution >= 4 is 28.4 Å². The highest BCUT2D eigenvalue weighted by Gasteiger charge is 2.23. The lowest BCUT2D eigenvalue weighted by Crippen LogP contribution is -2.21. The standard InChI is InChI=1S/C24H25N3O2/c1-14-8-11-20-18(12-14)22(17-6-4-5-7-19(17)26-20)24(29)27-21-13-16(23(28)25-3)10-9-15(21)2/h8-13H,4-7H2,1-3H3,(H,25,28)(H,27,29). The number of carbonyl (C=O) groups excluding carboxylic acids is 2. The smallest absolute Gasteiger partial charge is 0.256 e. The van der Waals surface area contributed by atoms with Gasteiger partial charge in [0.25, 0.3) is 11.8 Å². The molecule has 5 heteroatoms. The van der Waals surface area contributed by atoms with Crippen LogP contribution in [0.3, 0.4) is 0 Å². The number of aromatic nitrogens is 1. The van der Waals surface area contributed by atoms with E-state index in [9.17, 15) is 9.59 Å². The second kappa shape index (κ2) is 7.66. The van der Waals surface area contributed by atoms with Gasteiger partial charge in [-0.25, -0.2) is 0 Å². The van der Waals surface area contributed by atoms with Crippen molar-refractivity contribution in [3.8, 4) is 0 Å². The van der Waals surface area contributed by atoms with Crippen molar-refractivity contribution in [2.45, 2.75) is 39.5 Å². The van der Waals surface area contributed by atoms with Gasteiger partial charge in [-0.15, -0.1) is 0 Å². The summed E-state index contributed by atoms with van der Waals surface area (Å²) in [5.74, 6) is -0.318. The van der Waals surface area contributed by atoms with Gasteiger partial charge in [0.15, 0.2) is 0 Å². The maximum Gasteiger partial charge on any atom is 0.256 e. The summed E-state index contributed by atoms with van der Waals surface area (Å²) in [6.07, 6.45) is 3.94. The summed E-state index contributed by atoms with van der Waals surface area (Å²) in [7, 11) is 1.60. The van der Waals surface area contributed by atoms with E-state index in [0.29, 0.717) is 11.3 Å². The molecule has 0 unspecified atom stereocenters. The average Bonchev–Trinajstić information content (AvgIpc) is 2.73. The van der Waals surface area contributed by atoms with E-state index in [2.05, 4.69) is 10.6 Å². The molecule has 2 amide bonds. The first-order valence-corrected chi connectivity index (χ1v) is 10.0. The molecular weight excluding hydrogens is 362 g/mol. The molecule has 0 spiro atoms. The summed E-state index contributed by atoms with van der Waals surface area (Å²) in [4.78, 5) is 30.3. The molecule has 0 bridgehead atoms. The molecule has 0 atom stereocenters. The van der Waals surface area contributed by atoms with E-state index in [1.807, 2.05) is 38.1 Å². The number of amides is 2. The maximum absolute atomic E-state index is 13.5. The van der Waals surface area contributed by atoms with E-state index >= 15 is 0 Å². The van der Waals surface area contributed by atoms with E-state index in [4.69, 9.17) is 4.98 Å². The zero-order valence-electron chi connectivity index (χ0n) is 17.1. The summed E-state index contributed by atoms with van der Waals surface area (Å²) >= 11 is 0. The average molecular weight is 387 g/mol. The van der Waals surface area contributed by atoms with E-state index in [1.165, 1.54) is 0 Å². The molecule has 0 fully saturated rings.